The van der Waals surface area contributed by atoms with E-state index in [0.717, 1.165) is 16.7 Å². The number of nitrogens with zero attached hydrogens (tertiary/aromatic N) is 1. The van der Waals surface area contributed by atoms with Gasteiger partial charge >= 0.3 is 0 Å². The second kappa shape index (κ2) is 9.98. The van der Waals surface area contributed by atoms with Gasteiger partial charge in [-0.1, -0.05) is 72.3 Å². The first kappa shape index (κ1) is 26.7. The van der Waals surface area contributed by atoms with Crippen LogP contribution >= 0.6 is 0 Å². The lowest BCUT2D eigenvalue weighted by Gasteiger charge is -2.38. The van der Waals surface area contributed by atoms with Crippen LogP contribution in [0.1, 0.15) is 49.0 Å². The van der Waals surface area contributed by atoms with Gasteiger partial charge in [0.2, 0.25) is 5.91 Å². The van der Waals surface area contributed by atoms with E-state index in [0.29, 0.717) is 28.3 Å². The maximum Gasteiger partial charge on any atom is 0.238 e. The monoisotopic (exact) mass is 570 g/mol. The summed E-state index contributed by atoms with van der Waals surface area (Å²) in [6.07, 6.45) is 3.83. The van der Waals surface area contributed by atoms with Crippen LogP contribution in [0, 0.1) is 12.8 Å². The quantitative estimate of drug-likeness (QED) is 0.287. The molecule has 0 aliphatic carbocycles. The van der Waals surface area contributed by atoms with Crippen LogP contribution in [-0.2, 0) is 10.2 Å². The minimum absolute atomic E-state index is 0.228. The first-order valence-electron chi connectivity index (χ1n) is 14.2. The fourth-order valence-electron chi connectivity index (χ4n) is 7.23. The summed E-state index contributed by atoms with van der Waals surface area (Å²) in [5.41, 5.74) is 3.53. The van der Waals surface area contributed by atoms with Gasteiger partial charge in [-0.2, -0.15) is 0 Å². The zero-order valence-electron chi connectivity index (χ0n) is 24.0. The molecule has 7 heteroatoms. The number of carbonyl (C=O) groups is 3. The van der Waals surface area contributed by atoms with Crippen molar-refractivity contribution in [1.29, 1.82) is 0 Å². The Labute approximate surface area is 249 Å². The lowest BCUT2D eigenvalue weighted by atomic mass is 9.62. The Kier molecular flexibility index (Phi) is 6.20. The zero-order chi connectivity index (χ0) is 29.9. The first-order valence-corrected chi connectivity index (χ1v) is 14.2. The van der Waals surface area contributed by atoms with Crippen molar-refractivity contribution in [2.75, 3.05) is 19.5 Å². The second-order valence-corrected chi connectivity index (χ2v) is 11.2. The highest BCUT2D eigenvalue weighted by molar-refractivity contribution is 6.17. The van der Waals surface area contributed by atoms with Gasteiger partial charge in [0.15, 0.2) is 11.6 Å². The lowest BCUT2D eigenvalue weighted by molar-refractivity contribution is -0.122. The summed E-state index contributed by atoms with van der Waals surface area (Å²) < 4.78 is 11.1. The number of fused-ring (bicyclic) bond motifs is 6. The Hall–Kier alpha value is -5.17. The smallest absolute Gasteiger partial charge is 0.238 e. The van der Waals surface area contributed by atoms with Crippen LogP contribution in [0.4, 0.5) is 5.69 Å². The van der Waals surface area contributed by atoms with E-state index >= 15 is 4.79 Å². The molecule has 4 aromatic rings. The fraction of sp³-hybridized carbons (Fsp3) is 0.194. The van der Waals surface area contributed by atoms with E-state index in [1.54, 1.807) is 37.4 Å². The molecular weight excluding hydrogens is 540 g/mol. The van der Waals surface area contributed by atoms with Crippen molar-refractivity contribution in [2.45, 2.75) is 24.4 Å². The van der Waals surface area contributed by atoms with Crippen LogP contribution in [0.5, 0.6) is 11.5 Å². The maximum absolute atomic E-state index is 15.1. The molecule has 0 unspecified atom stereocenters. The van der Waals surface area contributed by atoms with E-state index < -0.39 is 23.4 Å². The molecule has 0 bridgehead atoms. The molecule has 3 heterocycles. The molecule has 1 saturated heterocycles. The minimum atomic E-state index is -1.41. The number of rotatable bonds is 6. The Bertz CT molecular complexity index is 1830. The number of amides is 1. The summed E-state index contributed by atoms with van der Waals surface area (Å²) in [5.74, 6) is -1.13. The number of anilines is 1. The van der Waals surface area contributed by atoms with Crippen molar-refractivity contribution in [1.82, 2.24) is 4.90 Å². The van der Waals surface area contributed by atoms with E-state index in [4.69, 9.17) is 9.47 Å². The largest absolute Gasteiger partial charge is 0.497 e. The summed E-state index contributed by atoms with van der Waals surface area (Å²) in [6.45, 7) is 1.96. The number of nitrogens with one attached hydrogen (secondary N) is 1. The molecule has 1 spiro atoms. The number of ether oxygens (including phenoxy) is 2. The van der Waals surface area contributed by atoms with Gasteiger partial charge in [-0.15, -0.1) is 0 Å². The predicted molar refractivity (Wildman–Crippen MR) is 163 cm³/mol. The molecule has 7 nitrogen and oxygen atoms in total. The molecule has 7 rings (SSSR count). The van der Waals surface area contributed by atoms with Crippen molar-refractivity contribution in [3.8, 4) is 11.5 Å². The van der Waals surface area contributed by atoms with E-state index in [1.165, 1.54) is 7.11 Å². The molecule has 1 fully saturated rings. The van der Waals surface area contributed by atoms with E-state index in [1.807, 2.05) is 84.8 Å². The molecule has 4 aromatic carbocycles. The van der Waals surface area contributed by atoms with Crippen LogP contribution in [0.2, 0.25) is 0 Å². The van der Waals surface area contributed by atoms with E-state index in [2.05, 4.69) is 5.32 Å². The summed E-state index contributed by atoms with van der Waals surface area (Å²) in [4.78, 5) is 46.3. The lowest BCUT2D eigenvalue weighted by Crippen LogP contribution is -2.49. The van der Waals surface area contributed by atoms with Crippen LogP contribution in [0.15, 0.2) is 97.2 Å². The number of benzene rings is 4. The van der Waals surface area contributed by atoms with Gasteiger partial charge in [0, 0.05) is 23.5 Å². The number of hydrogen-bond acceptors (Lipinski definition) is 6. The van der Waals surface area contributed by atoms with Crippen LogP contribution in [-0.4, -0.2) is 42.6 Å². The van der Waals surface area contributed by atoms with Gasteiger partial charge in [-0.3, -0.25) is 14.4 Å². The fourth-order valence-corrected chi connectivity index (χ4v) is 7.23. The van der Waals surface area contributed by atoms with Crippen LogP contribution < -0.4 is 14.8 Å². The van der Waals surface area contributed by atoms with Gasteiger partial charge in [0.25, 0.3) is 0 Å². The summed E-state index contributed by atoms with van der Waals surface area (Å²) in [7, 11) is 3.03. The number of methoxy groups -OCH3 is 2. The number of Topliss-reactive ketones (excluding diaryl/α,β-unsaturated/α-hetero) is 2. The Morgan fingerprint density at radius 1 is 0.860 bits per heavy atom. The molecule has 1 amide bonds. The summed E-state index contributed by atoms with van der Waals surface area (Å²) in [6, 6.07) is 26.1. The van der Waals surface area contributed by atoms with Crippen molar-refractivity contribution in [3.05, 3.63) is 131 Å². The van der Waals surface area contributed by atoms with Gasteiger partial charge in [0.1, 0.15) is 23.0 Å². The Morgan fingerprint density at radius 3 is 2.37 bits per heavy atom. The van der Waals surface area contributed by atoms with Gasteiger partial charge in [0.05, 0.1) is 31.7 Å². The van der Waals surface area contributed by atoms with Crippen LogP contribution in [0.3, 0.4) is 0 Å². The van der Waals surface area contributed by atoms with Crippen molar-refractivity contribution in [2.24, 2.45) is 5.92 Å². The molecule has 3 aliphatic heterocycles. The number of para-hydroxylation sites is 1. The standard InChI is InChI=1S/C36H30N2O5/c1-21-12-14-23(15-13-21)32(39)31-30(33(40)26-17-16-24(42-2)20-29(26)43-3)36(27-10-6-7-11-28(27)37-35(36)41)34-25-9-5-4-8-22(25)18-19-38(31)34/h4-20,30-31,34H,1-3H3,(H,37,41)/t30-,31-,34+,36+/m0/s1. The van der Waals surface area contributed by atoms with E-state index in [-0.39, 0.29) is 23.0 Å². The predicted octanol–water partition coefficient (Wildman–Crippen LogP) is 5.99. The van der Waals surface area contributed by atoms with Crippen molar-refractivity contribution in [3.63, 3.8) is 0 Å². The van der Waals surface area contributed by atoms with Crippen molar-refractivity contribution >= 4 is 29.2 Å². The third-order valence-electron chi connectivity index (χ3n) is 9.13. The molecule has 214 valence electrons. The molecular formula is C36H30N2O5. The molecule has 4 atom stereocenters. The molecule has 3 aliphatic rings. The second-order valence-electron chi connectivity index (χ2n) is 11.2. The third kappa shape index (κ3) is 3.77. The van der Waals surface area contributed by atoms with Crippen LogP contribution in [0.25, 0.3) is 6.08 Å². The SMILES string of the molecule is COc1ccc(C(=O)[C@@H]2[C@@H](C(=O)c3ccc(C)cc3)N3C=Cc4ccccc4[C@@H]3[C@]23C(=O)Nc2ccccc23)c(OC)c1. The topological polar surface area (TPSA) is 84.9 Å². The molecule has 0 saturated carbocycles. The highest BCUT2D eigenvalue weighted by Crippen LogP contribution is 2.62. The van der Waals surface area contributed by atoms with Gasteiger partial charge in [-0.05, 0) is 47.9 Å². The third-order valence-corrected chi connectivity index (χ3v) is 9.13. The summed E-state index contributed by atoms with van der Waals surface area (Å²) in [5, 5.41) is 3.08. The van der Waals surface area contributed by atoms with Gasteiger partial charge in [-0.25, -0.2) is 0 Å². The number of carbonyl (C=O) groups excluding carboxylic acids is 3. The minimum Gasteiger partial charge on any atom is -0.497 e. The van der Waals surface area contributed by atoms with Crippen molar-refractivity contribution < 1.29 is 23.9 Å². The van der Waals surface area contributed by atoms with E-state index in [9.17, 15) is 9.59 Å². The number of hydrogen-bond donors (Lipinski definition) is 1. The summed E-state index contributed by atoms with van der Waals surface area (Å²) >= 11 is 0. The Morgan fingerprint density at radius 2 is 1.60 bits per heavy atom. The molecule has 0 aromatic heterocycles. The first-order chi connectivity index (χ1) is 20.9. The normalized spacial score (nSPS) is 22.9. The number of aryl methyl sites for hydroxylation is 1. The Balaban J connectivity index is 1.54. The molecule has 1 N–H and O–H groups in total. The van der Waals surface area contributed by atoms with Gasteiger partial charge < -0.3 is 19.7 Å². The zero-order valence-corrected chi connectivity index (χ0v) is 24.0. The molecule has 0 radical (unpaired) electrons. The molecule has 43 heavy (non-hydrogen) atoms. The maximum atomic E-state index is 15.1. The average Bonchev–Trinajstić information content (AvgIpc) is 3.52. The average molecular weight is 571 g/mol. The highest BCUT2D eigenvalue weighted by atomic mass is 16.5. The number of ketones is 2. The highest BCUT2D eigenvalue weighted by Gasteiger charge is 2.70.